The number of nitrogens with one attached hydrogen (secondary N) is 1. The molecule has 2 aromatic rings. The topological polar surface area (TPSA) is 56.3 Å². The molecule has 1 aromatic heterocycles. The second-order valence-corrected chi connectivity index (χ2v) is 3.52. The molecule has 94 valence electrons. The van der Waals surface area contributed by atoms with Crippen LogP contribution in [0.5, 0.6) is 11.5 Å². The summed E-state index contributed by atoms with van der Waals surface area (Å²) in [5.74, 6) is 2.24. The van der Waals surface area contributed by atoms with E-state index in [9.17, 15) is 0 Å². The van der Waals surface area contributed by atoms with Crippen molar-refractivity contribution in [2.45, 2.75) is 0 Å². The van der Waals surface area contributed by atoms with Crippen LogP contribution in [0.3, 0.4) is 0 Å². The molecule has 0 amide bonds. The summed E-state index contributed by atoms with van der Waals surface area (Å²) >= 11 is 0. The third-order valence-electron chi connectivity index (χ3n) is 2.28. The van der Waals surface area contributed by atoms with Gasteiger partial charge in [0.15, 0.2) is 0 Å². The Balaban J connectivity index is 1.72. The fraction of sp³-hybridized carbons (Fsp3) is 0.231. The van der Waals surface area contributed by atoms with E-state index >= 15 is 0 Å². The SMILES string of the molecule is COc1ccc(OCCNc2ncccn2)cc1. The highest BCUT2D eigenvalue weighted by atomic mass is 16.5. The minimum Gasteiger partial charge on any atom is -0.497 e. The highest BCUT2D eigenvalue weighted by Gasteiger charge is 1.96. The molecule has 5 heteroatoms. The Bertz CT molecular complexity index is 459. The van der Waals surface area contributed by atoms with Crippen LogP contribution in [0.2, 0.25) is 0 Å². The fourth-order valence-electron chi connectivity index (χ4n) is 1.39. The highest BCUT2D eigenvalue weighted by molar-refractivity contribution is 5.31. The summed E-state index contributed by atoms with van der Waals surface area (Å²) in [5.41, 5.74) is 0. The molecule has 0 bridgehead atoms. The number of anilines is 1. The number of hydrogen-bond donors (Lipinski definition) is 1. The molecule has 0 atom stereocenters. The first kappa shape index (κ1) is 12.2. The molecule has 1 heterocycles. The van der Waals surface area contributed by atoms with E-state index in [1.165, 1.54) is 0 Å². The lowest BCUT2D eigenvalue weighted by atomic mass is 10.3. The molecule has 0 spiro atoms. The number of aromatic nitrogens is 2. The summed E-state index contributed by atoms with van der Waals surface area (Å²) in [5, 5.41) is 3.07. The van der Waals surface area contributed by atoms with E-state index < -0.39 is 0 Å². The minimum absolute atomic E-state index is 0.546. The Hall–Kier alpha value is -2.30. The third kappa shape index (κ3) is 3.62. The number of nitrogens with zero attached hydrogens (tertiary/aromatic N) is 2. The zero-order valence-electron chi connectivity index (χ0n) is 10.2. The third-order valence-corrected chi connectivity index (χ3v) is 2.28. The van der Waals surface area contributed by atoms with Crippen LogP contribution in [0.25, 0.3) is 0 Å². The van der Waals surface area contributed by atoms with Crippen LogP contribution in [-0.2, 0) is 0 Å². The van der Waals surface area contributed by atoms with Crippen molar-refractivity contribution in [1.29, 1.82) is 0 Å². The predicted octanol–water partition coefficient (Wildman–Crippen LogP) is 1.98. The zero-order valence-corrected chi connectivity index (χ0v) is 10.2. The van der Waals surface area contributed by atoms with Gasteiger partial charge in [-0.1, -0.05) is 0 Å². The maximum Gasteiger partial charge on any atom is 0.222 e. The number of ether oxygens (including phenoxy) is 2. The minimum atomic E-state index is 0.546. The molecule has 5 nitrogen and oxygen atoms in total. The van der Waals surface area contributed by atoms with Gasteiger partial charge in [-0.05, 0) is 30.3 Å². The predicted molar refractivity (Wildman–Crippen MR) is 69.0 cm³/mol. The lowest BCUT2D eigenvalue weighted by Crippen LogP contribution is -2.13. The van der Waals surface area contributed by atoms with Crippen molar-refractivity contribution in [2.75, 3.05) is 25.6 Å². The number of rotatable bonds is 6. The molecular formula is C13H15N3O2. The molecule has 0 aliphatic carbocycles. The van der Waals surface area contributed by atoms with Crippen molar-refractivity contribution >= 4 is 5.95 Å². The van der Waals surface area contributed by atoms with Crippen molar-refractivity contribution in [2.24, 2.45) is 0 Å². The molecule has 0 fully saturated rings. The van der Waals surface area contributed by atoms with Crippen LogP contribution >= 0.6 is 0 Å². The van der Waals surface area contributed by atoms with Gasteiger partial charge in [0.05, 0.1) is 13.7 Å². The molecule has 1 aromatic carbocycles. The molecule has 2 rings (SSSR count). The first-order valence-electron chi connectivity index (χ1n) is 5.66. The van der Waals surface area contributed by atoms with Crippen LogP contribution in [0.15, 0.2) is 42.7 Å². The smallest absolute Gasteiger partial charge is 0.222 e. The summed E-state index contributed by atoms with van der Waals surface area (Å²) in [7, 11) is 1.64. The van der Waals surface area contributed by atoms with Crippen molar-refractivity contribution in [3.63, 3.8) is 0 Å². The number of benzene rings is 1. The van der Waals surface area contributed by atoms with Crippen molar-refractivity contribution in [3.8, 4) is 11.5 Å². The van der Waals surface area contributed by atoms with Gasteiger partial charge >= 0.3 is 0 Å². The highest BCUT2D eigenvalue weighted by Crippen LogP contribution is 2.16. The van der Waals surface area contributed by atoms with Crippen LogP contribution in [0.1, 0.15) is 0 Å². The van der Waals surface area contributed by atoms with Gasteiger partial charge in [0, 0.05) is 12.4 Å². The average Bonchev–Trinajstić information content (AvgIpc) is 2.45. The van der Waals surface area contributed by atoms with Gasteiger partial charge in [-0.15, -0.1) is 0 Å². The van der Waals surface area contributed by atoms with Gasteiger partial charge in [0.1, 0.15) is 18.1 Å². The first-order valence-corrected chi connectivity index (χ1v) is 5.66. The van der Waals surface area contributed by atoms with E-state index in [1.54, 1.807) is 25.6 Å². The normalized spacial score (nSPS) is 9.83. The van der Waals surface area contributed by atoms with Gasteiger partial charge in [-0.2, -0.15) is 0 Å². The Kier molecular flexibility index (Phi) is 4.35. The summed E-state index contributed by atoms with van der Waals surface area (Å²) < 4.78 is 10.6. The lowest BCUT2D eigenvalue weighted by Gasteiger charge is -2.07. The van der Waals surface area contributed by atoms with Crippen molar-refractivity contribution in [1.82, 2.24) is 9.97 Å². The van der Waals surface area contributed by atoms with Gasteiger partial charge < -0.3 is 14.8 Å². The summed E-state index contributed by atoms with van der Waals surface area (Å²) in [4.78, 5) is 8.10. The van der Waals surface area contributed by atoms with Gasteiger partial charge in [0.2, 0.25) is 5.95 Å². The summed E-state index contributed by atoms with van der Waals surface area (Å²) in [6.45, 7) is 1.20. The van der Waals surface area contributed by atoms with E-state index in [4.69, 9.17) is 9.47 Å². The molecule has 1 N–H and O–H groups in total. The quantitative estimate of drug-likeness (QED) is 0.788. The molecule has 0 unspecified atom stereocenters. The summed E-state index contributed by atoms with van der Waals surface area (Å²) in [6.07, 6.45) is 3.39. The van der Waals surface area contributed by atoms with Crippen molar-refractivity contribution in [3.05, 3.63) is 42.7 Å². The largest absolute Gasteiger partial charge is 0.497 e. The van der Waals surface area contributed by atoms with Gasteiger partial charge in [-0.3, -0.25) is 0 Å². The fourth-order valence-corrected chi connectivity index (χ4v) is 1.39. The molecule has 0 saturated heterocycles. The Labute approximate surface area is 106 Å². The van der Waals surface area contributed by atoms with E-state index in [0.717, 1.165) is 11.5 Å². The molecule has 0 radical (unpaired) electrons. The molecule has 0 aliphatic heterocycles. The Morgan fingerprint density at radius 3 is 2.39 bits per heavy atom. The molecule has 0 saturated carbocycles. The second kappa shape index (κ2) is 6.44. The van der Waals surface area contributed by atoms with Crippen LogP contribution < -0.4 is 14.8 Å². The Morgan fingerprint density at radius 2 is 1.72 bits per heavy atom. The number of hydrogen-bond acceptors (Lipinski definition) is 5. The van der Waals surface area contributed by atoms with E-state index in [-0.39, 0.29) is 0 Å². The maximum atomic E-state index is 5.55. The van der Waals surface area contributed by atoms with E-state index in [2.05, 4.69) is 15.3 Å². The molecule has 0 aliphatic rings. The van der Waals surface area contributed by atoms with Crippen LogP contribution in [0.4, 0.5) is 5.95 Å². The zero-order chi connectivity index (χ0) is 12.6. The van der Waals surface area contributed by atoms with E-state index in [1.807, 2.05) is 24.3 Å². The lowest BCUT2D eigenvalue weighted by molar-refractivity contribution is 0.331. The van der Waals surface area contributed by atoms with Gasteiger partial charge in [0.25, 0.3) is 0 Å². The monoisotopic (exact) mass is 245 g/mol. The van der Waals surface area contributed by atoms with Crippen LogP contribution in [0, 0.1) is 0 Å². The number of methoxy groups -OCH3 is 1. The first-order chi connectivity index (χ1) is 8.88. The second-order valence-electron chi connectivity index (χ2n) is 3.52. The maximum absolute atomic E-state index is 5.55. The summed E-state index contributed by atoms with van der Waals surface area (Å²) in [6, 6.07) is 9.25. The van der Waals surface area contributed by atoms with Gasteiger partial charge in [-0.25, -0.2) is 9.97 Å². The van der Waals surface area contributed by atoms with Crippen molar-refractivity contribution < 1.29 is 9.47 Å². The van der Waals surface area contributed by atoms with Crippen LogP contribution in [-0.4, -0.2) is 30.2 Å². The van der Waals surface area contributed by atoms with E-state index in [0.29, 0.717) is 19.1 Å². The molecule has 18 heavy (non-hydrogen) atoms. The average molecular weight is 245 g/mol. The standard InChI is InChI=1S/C13H15N3O2/c1-17-11-3-5-12(6-4-11)18-10-9-16-13-14-7-2-8-15-13/h2-8H,9-10H2,1H3,(H,14,15,16). The molecular weight excluding hydrogens is 230 g/mol. The Morgan fingerprint density at radius 1 is 1.06 bits per heavy atom.